The SMILES string of the molecule is Cc1cc(Cn2nnc3c(-c4ccc(F)[nH]4)nc(N)nc32)ccc1N. The van der Waals surface area contributed by atoms with E-state index in [1.807, 2.05) is 25.1 Å². The van der Waals surface area contributed by atoms with Crippen molar-refractivity contribution in [3.05, 3.63) is 47.4 Å². The van der Waals surface area contributed by atoms with Crippen molar-refractivity contribution in [2.45, 2.75) is 13.5 Å². The third-order valence-electron chi connectivity index (χ3n) is 3.95. The van der Waals surface area contributed by atoms with Gasteiger partial charge in [-0.25, -0.2) is 9.67 Å². The predicted octanol–water partition coefficient (Wildman–Crippen LogP) is 1.88. The summed E-state index contributed by atoms with van der Waals surface area (Å²) in [5.74, 6) is -0.403. The Morgan fingerprint density at radius 3 is 2.72 bits per heavy atom. The zero-order chi connectivity index (χ0) is 17.6. The molecule has 0 spiro atoms. The number of nitrogens with two attached hydrogens (primary N) is 2. The van der Waals surface area contributed by atoms with Gasteiger partial charge in [-0.05, 0) is 36.2 Å². The Hall–Kier alpha value is -3.49. The number of rotatable bonds is 3. The Balaban J connectivity index is 1.81. The number of H-pyrrole nitrogens is 1. The van der Waals surface area contributed by atoms with E-state index in [0.717, 1.165) is 16.8 Å². The summed E-state index contributed by atoms with van der Waals surface area (Å²) in [6.07, 6.45) is 0. The van der Waals surface area contributed by atoms with Gasteiger partial charge in [0.1, 0.15) is 5.69 Å². The van der Waals surface area contributed by atoms with Gasteiger partial charge in [0.2, 0.25) is 5.95 Å². The van der Waals surface area contributed by atoms with Gasteiger partial charge in [-0.2, -0.15) is 9.37 Å². The summed E-state index contributed by atoms with van der Waals surface area (Å²) in [7, 11) is 0. The van der Waals surface area contributed by atoms with Crippen LogP contribution in [-0.4, -0.2) is 29.9 Å². The minimum absolute atomic E-state index is 0.0644. The van der Waals surface area contributed by atoms with Gasteiger partial charge in [-0.15, -0.1) is 5.10 Å². The minimum Gasteiger partial charge on any atom is -0.399 e. The molecule has 9 heteroatoms. The molecule has 25 heavy (non-hydrogen) atoms. The molecule has 4 rings (SSSR count). The first-order chi connectivity index (χ1) is 12.0. The van der Waals surface area contributed by atoms with Crippen LogP contribution in [0.1, 0.15) is 11.1 Å². The second-order valence-corrected chi connectivity index (χ2v) is 5.76. The van der Waals surface area contributed by atoms with E-state index in [2.05, 4.69) is 25.3 Å². The fourth-order valence-corrected chi connectivity index (χ4v) is 2.68. The molecule has 4 aromatic rings. The Morgan fingerprint density at radius 2 is 2.00 bits per heavy atom. The number of nitrogens with zero attached hydrogens (tertiary/aromatic N) is 5. The largest absolute Gasteiger partial charge is 0.399 e. The number of nitrogen functional groups attached to an aromatic ring is 2. The van der Waals surface area contributed by atoms with Crippen LogP contribution in [0, 0.1) is 12.9 Å². The summed E-state index contributed by atoms with van der Waals surface area (Å²) in [4.78, 5) is 11.0. The van der Waals surface area contributed by atoms with Crippen molar-refractivity contribution >= 4 is 22.8 Å². The Kier molecular flexibility index (Phi) is 3.34. The Labute approximate surface area is 141 Å². The van der Waals surface area contributed by atoms with E-state index >= 15 is 0 Å². The first-order valence-corrected chi connectivity index (χ1v) is 7.58. The van der Waals surface area contributed by atoms with Crippen LogP contribution in [0.15, 0.2) is 30.3 Å². The standard InChI is InChI=1S/C16H15FN8/c1-8-6-9(2-3-10(8)18)7-25-15-14(23-24-25)13(21-16(19)22-15)11-4-5-12(17)20-11/h2-6,20H,7,18H2,1H3,(H2,19,21,22). The molecule has 0 unspecified atom stereocenters. The topological polar surface area (TPSA) is 124 Å². The summed E-state index contributed by atoms with van der Waals surface area (Å²) >= 11 is 0. The van der Waals surface area contributed by atoms with Gasteiger partial charge in [0.05, 0.1) is 12.2 Å². The average molecular weight is 338 g/mol. The smallest absolute Gasteiger partial charge is 0.222 e. The van der Waals surface area contributed by atoms with E-state index in [0.29, 0.717) is 29.1 Å². The predicted molar refractivity (Wildman–Crippen MR) is 92.0 cm³/mol. The second kappa shape index (κ2) is 5.55. The van der Waals surface area contributed by atoms with Crippen LogP contribution in [0.2, 0.25) is 0 Å². The number of aromatic amines is 1. The molecule has 3 heterocycles. The van der Waals surface area contributed by atoms with Gasteiger partial charge in [0.15, 0.2) is 17.1 Å². The fourth-order valence-electron chi connectivity index (χ4n) is 2.68. The number of fused-ring (bicyclic) bond motifs is 1. The third-order valence-corrected chi connectivity index (χ3v) is 3.95. The number of nitrogens with one attached hydrogen (secondary N) is 1. The normalized spacial score (nSPS) is 11.3. The Morgan fingerprint density at radius 1 is 1.16 bits per heavy atom. The van der Waals surface area contributed by atoms with Crippen molar-refractivity contribution in [2.75, 3.05) is 11.5 Å². The molecule has 3 aromatic heterocycles. The number of hydrogen-bond acceptors (Lipinski definition) is 6. The van der Waals surface area contributed by atoms with Crippen molar-refractivity contribution in [3.8, 4) is 11.4 Å². The van der Waals surface area contributed by atoms with Gasteiger partial charge < -0.3 is 16.5 Å². The van der Waals surface area contributed by atoms with Gasteiger partial charge >= 0.3 is 0 Å². The first-order valence-electron chi connectivity index (χ1n) is 7.58. The molecule has 126 valence electrons. The maximum atomic E-state index is 13.3. The lowest BCUT2D eigenvalue weighted by atomic mass is 10.1. The zero-order valence-electron chi connectivity index (χ0n) is 13.4. The van der Waals surface area contributed by atoms with Gasteiger partial charge in [0.25, 0.3) is 0 Å². The van der Waals surface area contributed by atoms with Crippen LogP contribution in [0.5, 0.6) is 0 Å². The summed E-state index contributed by atoms with van der Waals surface area (Å²) in [6, 6.07) is 8.62. The summed E-state index contributed by atoms with van der Waals surface area (Å²) in [6.45, 7) is 2.39. The molecule has 0 radical (unpaired) electrons. The van der Waals surface area contributed by atoms with Crippen LogP contribution in [0.25, 0.3) is 22.6 Å². The number of halogens is 1. The highest BCUT2D eigenvalue weighted by Crippen LogP contribution is 2.25. The summed E-state index contributed by atoms with van der Waals surface area (Å²) in [5.41, 5.74) is 16.2. The molecule has 0 atom stereocenters. The number of anilines is 2. The van der Waals surface area contributed by atoms with E-state index in [4.69, 9.17) is 11.5 Å². The quantitative estimate of drug-likeness (QED) is 0.490. The molecule has 8 nitrogen and oxygen atoms in total. The summed E-state index contributed by atoms with van der Waals surface area (Å²) < 4.78 is 14.9. The Bertz CT molecular complexity index is 1080. The minimum atomic E-state index is -0.468. The van der Waals surface area contributed by atoms with Crippen LogP contribution < -0.4 is 11.5 Å². The van der Waals surface area contributed by atoms with Crippen LogP contribution in [-0.2, 0) is 6.54 Å². The second-order valence-electron chi connectivity index (χ2n) is 5.76. The lowest BCUT2D eigenvalue weighted by Crippen LogP contribution is -2.05. The molecule has 1 aromatic carbocycles. The van der Waals surface area contributed by atoms with Crippen molar-refractivity contribution in [2.24, 2.45) is 0 Å². The molecule has 0 saturated heterocycles. The van der Waals surface area contributed by atoms with Crippen molar-refractivity contribution in [1.29, 1.82) is 0 Å². The molecule has 0 amide bonds. The van der Waals surface area contributed by atoms with Crippen molar-refractivity contribution in [1.82, 2.24) is 29.9 Å². The number of aromatic nitrogens is 6. The zero-order valence-corrected chi connectivity index (χ0v) is 13.4. The van der Waals surface area contributed by atoms with Gasteiger partial charge in [0, 0.05) is 5.69 Å². The van der Waals surface area contributed by atoms with E-state index in [9.17, 15) is 4.39 Å². The highest BCUT2D eigenvalue weighted by molar-refractivity contribution is 5.86. The van der Waals surface area contributed by atoms with Gasteiger partial charge in [-0.3, -0.25) is 0 Å². The van der Waals surface area contributed by atoms with E-state index in [1.165, 1.54) is 6.07 Å². The lowest BCUT2D eigenvalue weighted by molar-refractivity contribution is 0.592. The number of benzene rings is 1. The van der Waals surface area contributed by atoms with Gasteiger partial charge in [-0.1, -0.05) is 17.3 Å². The monoisotopic (exact) mass is 338 g/mol. The molecule has 0 fully saturated rings. The van der Waals surface area contributed by atoms with Crippen molar-refractivity contribution in [3.63, 3.8) is 0 Å². The average Bonchev–Trinajstić information content (AvgIpc) is 3.17. The summed E-state index contributed by atoms with van der Waals surface area (Å²) in [5, 5.41) is 8.29. The maximum Gasteiger partial charge on any atom is 0.222 e. The third kappa shape index (κ3) is 2.65. The van der Waals surface area contributed by atoms with E-state index in [-0.39, 0.29) is 5.95 Å². The van der Waals surface area contributed by atoms with Crippen LogP contribution >= 0.6 is 0 Å². The fraction of sp³-hybridized carbons (Fsp3) is 0.125. The molecule has 0 bridgehead atoms. The highest BCUT2D eigenvalue weighted by Gasteiger charge is 2.17. The van der Waals surface area contributed by atoms with Crippen molar-refractivity contribution < 1.29 is 4.39 Å². The molecule has 0 saturated carbocycles. The lowest BCUT2D eigenvalue weighted by Gasteiger charge is -2.06. The molecular formula is C16H15FN8. The number of hydrogen-bond donors (Lipinski definition) is 3. The highest BCUT2D eigenvalue weighted by atomic mass is 19.1. The molecule has 0 aliphatic carbocycles. The molecule has 0 aliphatic heterocycles. The molecule has 5 N–H and O–H groups in total. The van der Waals surface area contributed by atoms with E-state index < -0.39 is 5.95 Å². The number of aryl methyl sites for hydroxylation is 1. The van der Waals surface area contributed by atoms with E-state index in [1.54, 1.807) is 10.7 Å². The first kappa shape index (κ1) is 15.1. The molecular weight excluding hydrogens is 323 g/mol. The molecule has 0 aliphatic rings. The van der Waals surface area contributed by atoms with Crippen LogP contribution in [0.4, 0.5) is 16.0 Å². The van der Waals surface area contributed by atoms with Crippen LogP contribution in [0.3, 0.4) is 0 Å². The maximum absolute atomic E-state index is 13.3.